The number of halogens is 1. The Morgan fingerprint density at radius 1 is 1.53 bits per heavy atom. The zero-order valence-electron chi connectivity index (χ0n) is 9.69. The molecular weight excluding hydrogens is 242 g/mol. The van der Waals surface area contributed by atoms with Crippen molar-refractivity contribution in [1.29, 1.82) is 0 Å². The number of hydrogen-bond donors (Lipinski definition) is 2. The van der Waals surface area contributed by atoms with E-state index in [4.69, 9.17) is 16.7 Å². The van der Waals surface area contributed by atoms with Gasteiger partial charge in [-0.1, -0.05) is 18.5 Å². The van der Waals surface area contributed by atoms with Crippen LogP contribution in [-0.4, -0.2) is 27.6 Å². The molecule has 17 heavy (non-hydrogen) atoms. The van der Waals surface area contributed by atoms with E-state index in [1.54, 1.807) is 6.20 Å². The Balaban J connectivity index is 2.21. The molecular formula is C11H16ClN3O2. The lowest BCUT2D eigenvalue weighted by atomic mass is 10.0. The van der Waals surface area contributed by atoms with Gasteiger partial charge in [-0.2, -0.15) is 0 Å². The van der Waals surface area contributed by atoms with Gasteiger partial charge in [0.25, 0.3) is 0 Å². The van der Waals surface area contributed by atoms with Gasteiger partial charge in [0.05, 0.1) is 12.4 Å². The molecule has 1 rings (SSSR count). The molecule has 0 aromatic carbocycles. The number of hydrogen-bond acceptors (Lipinski definition) is 4. The Kier molecular flexibility index (Phi) is 5.69. The first kappa shape index (κ1) is 13.7. The molecule has 0 saturated carbocycles. The van der Waals surface area contributed by atoms with Crippen molar-refractivity contribution in [3.63, 3.8) is 0 Å². The average Bonchev–Trinajstić information content (AvgIpc) is 2.26. The minimum Gasteiger partial charge on any atom is -0.481 e. The molecule has 0 aliphatic rings. The summed E-state index contributed by atoms with van der Waals surface area (Å²) in [5, 5.41) is 12.0. The van der Waals surface area contributed by atoms with E-state index >= 15 is 0 Å². The van der Waals surface area contributed by atoms with Crippen molar-refractivity contribution in [3.8, 4) is 0 Å². The van der Waals surface area contributed by atoms with Crippen LogP contribution in [-0.2, 0) is 4.79 Å². The molecule has 0 aliphatic carbocycles. The fraction of sp³-hybridized carbons (Fsp3) is 0.545. The van der Waals surface area contributed by atoms with Gasteiger partial charge in [0.15, 0.2) is 0 Å². The van der Waals surface area contributed by atoms with E-state index in [9.17, 15) is 4.79 Å². The van der Waals surface area contributed by atoms with E-state index in [1.165, 1.54) is 6.20 Å². The number of nitrogens with zero attached hydrogens (tertiary/aromatic N) is 2. The number of aromatic nitrogens is 2. The molecule has 1 unspecified atom stereocenters. The van der Waals surface area contributed by atoms with Crippen LogP contribution in [0.5, 0.6) is 0 Å². The lowest BCUT2D eigenvalue weighted by Crippen LogP contribution is -2.09. The van der Waals surface area contributed by atoms with Crippen LogP contribution in [0.15, 0.2) is 12.4 Å². The average molecular weight is 258 g/mol. The highest BCUT2D eigenvalue weighted by Crippen LogP contribution is 2.11. The van der Waals surface area contributed by atoms with Crippen LogP contribution in [0.25, 0.3) is 0 Å². The molecule has 5 nitrogen and oxygen atoms in total. The van der Waals surface area contributed by atoms with Crippen LogP contribution in [0.1, 0.15) is 26.2 Å². The zero-order valence-corrected chi connectivity index (χ0v) is 10.4. The van der Waals surface area contributed by atoms with Crippen LogP contribution in [0.2, 0.25) is 5.15 Å². The maximum absolute atomic E-state index is 10.4. The molecule has 6 heteroatoms. The maximum Gasteiger partial charge on any atom is 0.303 e. The third-order valence-electron chi connectivity index (χ3n) is 2.40. The van der Waals surface area contributed by atoms with Gasteiger partial charge in [-0.25, -0.2) is 4.98 Å². The molecule has 0 amide bonds. The van der Waals surface area contributed by atoms with Gasteiger partial charge in [-0.3, -0.25) is 9.78 Å². The van der Waals surface area contributed by atoms with Gasteiger partial charge >= 0.3 is 5.97 Å². The van der Waals surface area contributed by atoms with Gasteiger partial charge in [0.2, 0.25) is 0 Å². The largest absolute Gasteiger partial charge is 0.481 e. The summed E-state index contributed by atoms with van der Waals surface area (Å²) in [4.78, 5) is 18.3. The summed E-state index contributed by atoms with van der Waals surface area (Å²) < 4.78 is 0. The van der Waals surface area contributed by atoms with Crippen LogP contribution in [0.4, 0.5) is 5.82 Å². The summed E-state index contributed by atoms with van der Waals surface area (Å²) in [6.07, 6.45) is 4.88. The second-order valence-electron chi connectivity index (χ2n) is 3.98. The van der Waals surface area contributed by atoms with Crippen molar-refractivity contribution in [2.24, 2.45) is 5.92 Å². The van der Waals surface area contributed by atoms with Crippen molar-refractivity contribution >= 4 is 23.4 Å². The summed E-state index contributed by atoms with van der Waals surface area (Å²) in [5.41, 5.74) is 0. The predicted molar refractivity (Wildman–Crippen MR) is 66.2 cm³/mol. The van der Waals surface area contributed by atoms with E-state index in [0.29, 0.717) is 23.3 Å². The summed E-state index contributed by atoms with van der Waals surface area (Å²) in [6.45, 7) is 2.77. The number of carboxylic acid groups (broad SMARTS) is 1. The third-order valence-corrected chi connectivity index (χ3v) is 2.58. The Hall–Kier alpha value is -1.36. The standard InChI is InChI=1S/C11H16ClN3O2/c1-8(2-3-11(16)17)4-5-14-10-7-13-6-9(12)15-10/h6-8H,2-5H2,1H3,(H,14,15)(H,16,17). The maximum atomic E-state index is 10.4. The molecule has 0 saturated heterocycles. The monoisotopic (exact) mass is 257 g/mol. The number of carbonyl (C=O) groups is 1. The Morgan fingerprint density at radius 3 is 2.94 bits per heavy atom. The van der Waals surface area contributed by atoms with Crippen molar-refractivity contribution in [1.82, 2.24) is 9.97 Å². The zero-order chi connectivity index (χ0) is 12.7. The van der Waals surface area contributed by atoms with E-state index in [1.807, 2.05) is 6.92 Å². The SMILES string of the molecule is CC(CCNc1cncc(Cl)n1)CCC(=O)O. The lowest BCUT2D eigenvalue weighted by Gasteiger charge is -2.10. The molecule has 0 fully saturated rings. The molecule has 1 aromatic heterocycles. The van der Waals surface area contributed by atoms with E-state index in [-0.39, 0.29) is 6.42 Å². The van der Waals surface area contributed by atoms with E-state index < -0.39 is 5.97 Å². The van der Waals surface area contributed by atoms with Gasteiger partial charge in [0.1, 0.15) is 11.0 Å². The Bertz CT molecular complexity index is 373. The quantitative estimate of drug-likeness (QED) is 0.785. The minimum atomic E-state index is -0.745. The molecule has 0 radical (unpaired) electrons. The molecule has 1 heterocycles. The molecule has 1 atom stereocenters. The van der Waals surface area contributed by atoms with E-state index in [0.717, 1.165) is 13.0 Å². The fourth-order valence-electron chi connectivity index (χ4n) is 1.39. The molecule has 0 spiro atoms. The van der Waals surface area contributed by atoms with Crippen molar-refractivity contribution in [2.75, 3.05) is 11.9 Å². The van der Waals surface area contributed by atoms with Crippen LogP contribution in [0, 0.1) is 5.92 Å². The fourth-order valence-corrected chi connectivity index (χ4v) is 1.54. The number of aliphatic carboxylic acids is 1. The van der Waals surface area contributed by atoms with Crippen molar-refractivity contribution < 1.29 is 9.90 Å². The number of anilines is 1. The summed E-state index contributed by atoms with van der Waals surface area (Å²) in [7, 11) is 0. The highest BCUT2D eigenvalue weighted by molar-refractivity contribution is 6.29. The molecule has 2 N–H and O–H groups in total. The highest BCUT2D eigenvalue weighted by atomic mass is 35.5. The molecule has 1 aromatic rings. The summed E-state index contributed by atoms with van der Waals surface area (Å²) >= 11 is 5.69. The smallest absolute Gasteiger partial charge is 0.303 e. The number of nitrogens with one attached hydrogen (secondary N) is 1. The molecule has 94 valence electrons. The Morgan fingerprint density at radius 2 is 2.29 bits per heavy atom. The predicted octanol–water partition coefficient (Wildman–Crippen LogP) is 2.43. The lowest BCUT2D eigenvalue weighted by molar-refractivity contribution is -0.137. The number of carboxylic acids is 1. The number of rotatable bonds is 7. The minimum absolute atomic E-state index is 0.220. The van der Waals surface area contributed by atoms with Gasteiger partial charge < -0.3 is 10.4 Å². The Labute approximate surface area is 105 Å². The van der Waals surface area contributed by atoms with Gasteiger partial charge in [-0.15, -0.1) is 0 Å². The summed E-state index contributed by atoms with van der Waals surface area (Å²) in [5.74, 6) is 0.263. The second kappa shape index (κ2) is 7.06. The molecule has 0 aliphatic heterocycles. The normalized spacial score (nSPS) is 12.1. The third kappa shape index (κ3) is 6.06. The first-order valence-electron chi connectivity index (χ1n) is 5.51. The van der Waals surface area contributed by atoms with Crippen LogP contribution >= 0.6 is 11.6 Å². The van der Waals surface area contributed by atoms with E-state index in [2.05, 4.69) is 15.3 Å². The van der Waals surface area contributed by atoms with Crippen LogP contribution in [0.3, 0.4) is 0 Å². The van der Waals surface area contributed by atoms with Gasteiger partial charge in [-0.05, 0) is 18.8 Å². The summed E-state index contributed by atoms with van der Waals surface area (Å²) in [6, 6.07) is 0. The van der Waals surface area contributed by atoms with Crippen molar-refractivity contribution in [2.45, 2.75) is 26.2 Å². The van der Waals surface area contributed by atoms with Gasteiger partial charge in [0, 0.05) is 13.0 Å². The first-order chi connectivity index (χ1) is 8.08. The topological polar surface area (TPSA) is 75.1 Å². The van der Waals surface area contributed by atoms with Crippen LogP contribution < -0.4 is 5.32 Å². The first-order valence-corrected chi connectivity index (χ1v) is 5.89. The second-order valence-corrected chi connectivity index (χ2v) is 4.37. The van der Waals surface area contributed by atoms with Crippen molar-refractivity contribution in [3.05, 3.63) is 17.5 Å². The molecule has 0 bridgehead atoms. The highest BCUT2D eigenvalue weighted by Gasteiger charge is 2.05.